The molecule has 0 aliphatic rings. The molecule has 56 heavy (non-hydrogen) atoms. The van der Waals surface area contributed by atoms with Crippen LogP contribution in [0.4, 0.5) is 0 Å². The molecule has 0 saturated carbocycles. The lowest BCUT2D eigenvalue weighted by Gasteiger charge is -2.17. The van der Waals surface area contributed by atoms with Crippen molar-refractivity contribution in [3.8, 4) is 0 Å². The summed E-state index contributed by atoms with van der Waals surface area (Å²) in [7, 11) is 0. The summed E-state index contributed by atoms with van der Waals surface area (Å²) in [5.74, 6) is -2.56. The second-order valence-corrected chi connectivity index (χ2v) is 15.6. The normalized spacial score (nSPS) is 12.2. The first-order valence-electron chi connectivity index (χ1n) is 23.1. The van der Waals surface area contributed by atoms with Crippen LogP contribution in [0.25, 0.3) is 0 Å². The number of carbonyl (C=O) groups is 4. The molecule has 0 N–H and O–H groups in total. The molecule has 0 heterocycles. The molecule has 8 nitrogen and oxygen atoms in total. The number of esters is 4. The number of unbranched alkanes of at least 4 members (excludes halogenated alkanes) is 28. The second kappa shape index (κ2) is 41.7. The van der Waals surface area contributed by atoms with Gasteiger partial charge in [-0.2, -0.15) is 0 Å². The molecule has 0 radical (unpaired) electrons. The molecule has 2 unspecified atom stereocenters. The molecule has 0 aromatic rings. The summed E-state index contributed by atoms with van der Waals surface area (Å²) in [6.07, 6.45) is 41.1. The molecule has 0 aliphatic carbocycles. The van der Waals surface area contributed by atoms with E-state index < -0.39 is 36.1 Å². The molecule has 324 valence electrons. The van der Waals surface area contributed by atoms with Crippen LogP contribution in [0.15, 0.2) is 37.8 Å². The first kappa shape index (κ1) is 53.1. The Morgan fingerprint density at radius 1 is 0.393 bits per heavy atom. The third-order valence-electron chi connectivity index (χ3n) is 10.4. The second-order valence-electron chi connectivity index (χ2n) is 15.6. The van der Waals surface area contributed by atoms with Crippen LogP contribution >= 0.6 is 0 Å². The van der Waals surface area contributed by atoms with E-state index in [0.29, 0.717) is 12.8 Å². The van der Waals surface area contributed by atoms with Gasteiger partial charge >= 0.3 is 23.9 Å². The standard InChI is InChI=1S/C48H84O8/c1-5-9-11-13-15-17-19-21-23-25-27-29-31-33-35-37-43(41-47(51)53-7-3)55-45(49)39-40-46(50)56-44(42-48(52)54-8-4)38-36-34-32-30-28-26-24-22-20-18-16-14-12-10-6-2/h7-8,39-40,43-44H,3-6,9-38,41-42H2,1-2H3/b40-39-. The van der Waals surface area contributed by atoms with Gasteiger partial charge in [-0.25, -0.2) is 9.59 Å². The molecule has 0 fully saturated rings. The molecule has 0 aromatic carbocycles. The summed E-state index contributed by atoms with van der Waals surface area (Å²) in [6.45, 7) is 11.4. The van der Waals surface area contributed by atoms with E-state index >= 15 is 0 Å². The van der Waals surface area contributed by atoms with Crippen LogP contribution in [0, 0.1) is 0 Å². The van der Waals surface area contributed by atoms with E-state index in [1.807, 2.05) is 0 Å². The van der Waals surface area contributed by atoms with Gasteiger partial charge in [0.1, 0.15) is 12.2 Å². The van der Waals surface area contributed by atoms with Crippen molar-refractivity contribution in [2.24, 2.45) is 0 Å². The fourth-order valence-electron chi connectivity index (χ4n) is 7.09. The summed E-state index contributed by atoms with van der Waals surface area (Å²) in [6, 6.07) is 0. The van der Waals surface area contributed by atoms with E-state index in [9.17, 15) is 19.2 Å². The lowest BCUT2D eigenvalue weighted by molar-refractivity contribution is -0.152. The first-order chi connectivity index (χ1) is 27.4. The summed E-state index contributed by atoms with van der Waals surface area (Å²) in [5, 5.41) is 0. The van der Waals surface area contributed by atoms with Crippen molar-refractivity contribution in [3.63, 3.8) is 0 Å². The molecule has 0 saturated heterocycles. The third-order valence-corrected chi connectivity index (χ3v) is 10.4. The maximum absolute atomic E-state index is 12.7. The van der Waals surface area contributed by atoms with Crippen LogP contribution < -0.4 is 0 Å². The van der Waals surface area contributed by atoms with E-state index in [-0.39, 0.29) is 12.8 Å². The Bertz CT molecular complexity index is 927. The van der Waals surface area contributed by atoms with Gasteiger partial charge in [-0.05, 0) is 25.7 Å². The molecule has 0 aromatic heterocycles. The van der Waals surface area contributed by atoms with Gasteiger partial charge in [0.2, 0.25) is 0 Å². The van der Waals surface area contributed by atoms with Crippen molar-refractivity contribution >= 4 is 23.9 Å². The van der Waals surface area contributed by atoms with Gasteiger partial charge in [0, 0.05) is 12.2 Å². The van der Waals surface area contributed by atoms with E-state index in [1.54, 1.807) is 0 Å². The van der Waals surface area contributed by atoms with Crippen LogP contribution in [-0.4, -0.2) is 36.1 Å². The Morgan fingerprint density at radius 2 is 0.625 bits per heavy atom. The average Bonchev–Trinajstić information content (AvgIpc) is 3.17. The van der Waals surface area contributed by atoms with Gasteiger partial charge in [-0.3, -0.25) is 9.59 Å². The highest BCUT2D eigenvalue weighted by atomic mass is 16.6. The Morgan fingerprint density at radius 3 is 0.857 bits per heavy atom. The smallest absolute Gasteiger partial charge is 0.331 e. The van der Waals surface area contributed by atoms with Gasteiger partial charge in [-0.1, -0.05) is 207 Å². The fourth-order valence-corrected chi connectivity index (χ4v) is 7.09. The van der Waals surface area contributed by atoms with E-state index in [0.717, 1.165) is 63.2 Å². The molecule has 0 amide bonds. The minimum absolute atomic E-state index is 0.0958. The highest BCUT2D eigenvalue weighted by Crippen LogP contribution is 2.18. The number of carbonyl (C=O) groups excluding carboxylic acids is 4. The van der Waals surface area contributed by atoms with Crippen molar-refractivity contribution in [1.29, 1.82) is 0 Å². The maximum atomic E-state index is 12.7. The van der Waals surface area contributed by atoms with E-state index in [4.69, 9.17) is 18.9 Å². The van der Waals surface area contributed by atoms with Crippen molar-refractivity contribution in [1.82, 2.24) is 0 Å². The lowest BCUT2D eigenvalue weighted by atomic mass is 10.0. The minimum atomic E-state index is -0.746. The first-order valence-corrected chi connectivity index (χ1v) is 23.1. The third kappa shape index (κ3) is 38.0. The van der Waals surface area contributed by atoms with Crippen molar-refractivity contribution in [3.05, 3.63) is 37.8 Å². The van der Waals surface area contributed by atoms with Crippen LogP contribution in [0.1, 0.15) is 232 Å². The largest absolute Gasteiger partial charge is 0.459 e. The Kier molecular flexibility index (Phi) is 39.6. The van der Waals surface area contributed by atoms with Crippen LogP contribution in [0.2, 0.25) is 0 Å². The summed E-state index contributed by atoms with van der Waals surface area (Å²) >= 11 is 0. The van der Waals surface area contributed by atoms with Gasteiger partial charge in [0.05, 0.1) is 25.4 Å². The molecule has 0 bridgehead atoms. The Hall–Kier alpha value is -2.90. The van der Waals surface area contributed by atoms with Gasteiger partial charge in [0.25, 0.3) is 0 Å². The maximum Gasteiger partial charge on any atom is 0.331 e. The van der Waals surface area contributed by atoms with Crippen LogP contribution in [0.3, 0.4) is 0 Å². The quantitative estimate of drug-likeness (QED) is 0.0198. The van der Waals surface area contributed by atoms with Gasteiger partial charge < -0.3 is 18.9 Å². The molecule has 0 rings (SSSR count). The summed E-state index contributed by atoms with van der Waals surface area (Å²) in [4.78, 5) is 49.6. The molecular formula is C48H84O8. The average molecular weight is 789 g/mol. The molecular weight excluding hydrogens is 705 g/mol. The molecule has 0 aliphatic heterocycles. The SMILES string of the molecule is C=COC(=O)CC(CCCCCCCCCCCCCCCCC)OC(=O)/C=C\C(=O)OC(CCCCCCCCCCCCCCCCC)CC(=O)OC=C. The molecule has 0 spiro atoms. The molecule has 2 atom stereocenters. The minimum Gasteiger partial charge on any atom is -0.459 e. The summed E-state index contributed by atoms with van der Waals surface area (Å²) in [5.41, 5.74) is 0. The summed E-state index contributed by atoms with van der Waals surface area (Å²) < 4.78 is 20.8. The Balaban J connectivity index is 4.49. The van der Waals surface area contributed by atoms with E-state index in [1.165, 1.54) is 154 Å². The van der Waals surface area contributed by atoms with Crippen LogP contribution in [-0.2, 0) is 38.1 Å². The van der Waals surface area contributed by atoms with E-state index in [2.05, 4.69) is 27.0 Å². The number of rotatable bonds is 42. The van der Waals surface area contributed by atoms with Gasteiger partial charge in [0.15, 0.2) is 0 Å². The zero-order valence-electron chi connectivity index (χ0n) is 36.2. The number of ether oxygens (including phenoxy) is 4. The predicted octanol–water partition coefficient (Wildman–Crippen LogP) is 14.0. The van der Waals surface area contributed by atoms with Crippen molar-refractivity contribution in [2.45, 2.75) is 244 Å². The predicted molar refractivity (Wildman–Crippen MR) is 230 cm³/mol. The zero-order chi connectivity index (χ0) is 41.2. The lowest BCUT2D eigenvalue weighted by Crippen LogP contribution is -2.23. The highest BCUT2D eigenvalue weighted by molar-refractivity contribution is 5.92. The monoisotopic (exact) mass is 789 g/mol. The fraction of sp³-hybridized carbons (Fsp3) is 0.792. The molecule has 8 heteroatoms. The van der Waals surface area contributed by atoms with Crippen molar-refractivity contribution < 1.29 is 38.1 Å². The number of hydrogen-bond donors (Lipinski definition) is 0. The zero-order valence-corrected chi connectivity index (χ0v) is 36.2. The highest BCUT2D eigenvalue weighted by Gasteiger charge is 2.20. The van der Waals surface area contributed by atoms with Crippen molar-refractivity contribution in [2.75, 3.05) is 0 Å². The van der Waals surface area contributed by atoms with Crippen LogP contribution in [0.5, 0.6) is 0 Å². The topological polar surface area (TPSA) is 105 Å². The number of hydrogen-bond acceptors (Lipinski definition) is 8. The van der Waals surface area contributed by atoms with Gasteiger partial charge in [-0.15, -0.1) is 0 Å². The Labute approximate surface area is 343 Å².